The van der Waals surface area contributed by atoms with Gasteiger partial charge < -0.3 is 19.7 Å². The van der Waals surface area contributed by atoms with Gasteiger partial charge in [0, 0.05) is 36.9 Å². The van der Waals surface area contributed by atoms with Gasteiger partial charge in [-0.15, -0.1) is 0 Å². The molecule has 1 N–H and O–H groups in total. The van der Waals surface area contributed by atoms with Crippen molar-refractivity contribution in [2.75, 3.05) is 31.2 Å². The lowest BCUT2D eigenvalue weighted by atomic mass is 9.99. The summed E-state index contributed by atoms with van der Waals surface area (Å²) in [5.74, 6) is 0.616. The Morgan fingerprint density at radius 3 is 2.76 bits per heavy atom. The van der Waals surface area contributed by atoms with Gasteiger partial charge in [-0.1, -0.05) is 49.4 Å². The molecule has 1 aliphatic heterocycles. The molecule has 0 radical (unpaired) electrons. The number of nitrogens with zero attached hydrogens (tertiary/aromatic N) is 1. The molecular formula is C29H36N2O3. The Morgan fingerprint density at radius 1 is 1.12 bits per heavy atom. The monoisotopic (exact) mass is 460 g/mol. The van der Waals surface area contributed by atoms with Gasteiger partial charge >= 0.3 is 5.97 Å². The number of nitrogens with one attached hydrogen (secondary N) is 1. The van der Waals surface area contributed by atoms with Crippen LogP contribution in [0.5, 0.6) is 5.75 Å². The van der Waals surface area contributed by atoms with E-state index in [1.54, 1.807) is 0 Å². The van der Waals surface area contributed by atoms with Crippen LogP contribution < -0.4 is 15.0 Å². The summed E-state index contributed by atoms with van der Waals surface area (Å²) >= 11 is 0. The highest BCUT2D eigenvalue weighted by molar-refractivity contribution is 5.86. The molecule has 180 valence electrons. The largest absolute Gasteiger partial charge is 0.494 e. The van der Waals surface area contributed by atoms with Crippen LogP contribution in [0.4, 0.5) is 5.69 Å². The van der Waals surface area contributed by atoms with Gasteiger partial charge in [0.1, 0.15) is 5.75 Å². The van der Waals surface area contributed by atoms with Crippen LogP contribution in [0.2, 0.25) is 0 Å². The zero-order valence-electron chi connectivity index (χ0n) is 20.5. The fourth-order valence-electron chi connectivity index (χ4n) is 4.81. The number of esters is 1. The number of rotatable bonds is 10. The number of ether oxygens (including phenoxy) is 2. The van der Waals surface area contributed by atoms with E-state index in [-0.39, 0.29) is 18.4 Å². The molecule has 0 aromatic heterocycles. The van der Waals surface area contributed by atoms with Crippen LogP contribution in [0, 0.1) is 0 Å². The SMILES string of the molecule is CCCOc1cc(CC(=O)OCC)cc(N2CC[C@H](N[C@H](C)c3cccc4ccccc34)C2)c1. The van der Waals surface area contributed by atoms with Crippen molar-refractivity contribution < 1.29 is 14.3 Å². The molecule has 5 heteroatoms. The fourth-order valence-corrected chi connectivity index (χ4v) is 4.81. The minimum Gasteiger partial charge on any atom is -0.494 e. The topological polar surface area (TPSA) is 50.8 Å². The predicted molar refractivity (Wildman–Crippen MR) is 139 cm³/mol. The molecular weight excluding hydrogens is 424 g/mol. The summed E-state index contributed by atoms with van der Waals surface area (Å²) in [5.41, 5.74) is 3.38. The van der Waals surface area contributed by atoms with Gasteiger partial charge in [0.15, 0.2) is 0 Å². The summed E-state index contributed by atoms with van der Waals surface area (Å²) in [6.07, 6.45) is 2.28. The standard InChI is InChI=1S/C29H36N2O3/c1-4-15-34-26-17-22(18-29(32)33-5-2)16-25(19-26)31-14-13-24(20-31)30-21(3)27-12-8-10-23-9-6-7-11-28(23)27/h6-12,16-17,19,21,24,30H,4-5,13-15,18,20H2,1-3H3/t21-,24+/m1/s1. The van der Waals surface area contributed by atoms with Gasteiger partial charge in [0.2, 0.25) is 0 Å². The second-order valence-electron chi connectivity index (χ2n) is 9.05. The van der Waals surface area contributed by atoms with Crippen LogP contribution in [0.15, 0.2) is 60.7 Å². The van der Waals surface area contributed by atoms with Crippen molar-refractivity contribution in [2.24, 2.45) is 0 Å². The maximum Gasteiger partial charge on any atom is 0.310 e. The summed E-state index contributed by atoms with van der Waals surface area (Å²) in [4.78, 5) is 14.5. The summed E-state index contributed by atoms with van der Waals surface area (Å²) in [6, 6.07) is 21.9. The Bertz CT molecular complexity index is 1110. The molecule has 0 saturated carbocycles. The van der Waals surface area contributed by atoms with E-state index in [2.05, 4.69) is 78.7 Å². The summed E-state index contributed by atoms with van der Waals surface area (Å²) < 4.78 is 11.1. The number of carbonyl (C=O) groups is 1. The van der Waals surface area contributed by atoms with E-state index in [9.17, 15) is 4.79 Å². The lowest BCUT2D eigenvalue weighted by Gasteiger charge is -2.23. The highest BCUT2D eigenvalue weighted by Crippen LogP contribution is 2.30. The molecule has 34 heavy (non-hydrogen) atoms. The maximum atomic E-state index is 12.1. The Morgan fingerprint density at radius 2 is 1.94 bits per heavy atom. The van der Waals surface area contributed by atoms with E-state index in [1.165, 1.54) is 16.3 Å². The van der Waals surface area contributed by atoms with Crippen LogP contribution in [0.1, 0.15) is 50.8 Å². The molecule has 1 saturated heterocycles. The average molecular weight is 461 g/mol. The van der Waals surface area contributed by atoms with E-state index in [4.69, 9.17) is 9.47 Å². The number of benzene rings is 3. The fraction of sp³-hybridized carbons (Fsp3) is 0.414. The van der Waals surface area contributed by atoms with E-state index in [0.29, 0.717) is 19.3 Å². The van der Waals surface area contributed by atoms with Crippen LogP contribution in [0.25, 0.3) is 10.8 Å². The van der Waals surface area contributed by atoms with E-state index < -0.39 is 0 Å². The van der Waals surface area contributed by atoms with Crippen molar-refractivity contribution >= 4 is 22.4 Å². The molecule has 0 spiro atoms. The molecule has 1 fully saturated rings. The minimum absolute atomic E-state index is 0.203. The third kappa shape index (κ3) is 5.89. The predicted octanol–water partition coefficient (Wildman–Crippen LogP) is 5.66. The van der Waals surface area contributed by atoms with Gasteiger partial charge in [0.05, 0.1) is 19.6 Å². The van der Waals surface area contributed by atoms with Crippen molar-refractivity contribution in [1.29, 1.82) is 0 Å². The highest BCUT2D eigenvalue weighted by Gasteiger charge is 2.25. The molecule has 3 aromatic carbocycles. The molecule has 2 atom stereocenters. The first-order valence-electron chi connectivity index (χ1n) is 12.5. The van der Waals surface area contributed by atoms with Crippen LogP contribution in [-0.2, 0) is 16.0 Å². The van der Waals surface area contributed by atoms with E-state index in [0.717, 1.165) is 42.9 Å². The summed E-state index contributed by atoms with van der Waals surface area (Å²) in [6.45, 7) is 9.13. The van der Waals surface area contributed by atoms with Crippen molar-refractivity contribution in [3.8, 4) is 5.75 Å². The van der Waals surface area contributed by atoms with Gasteiger partial charge in [-0.2, -0.15) is 0 Å². The van der Waals surface area contributed by atoms with Crippen LogP contribution >= 0.6 is 0 Å². The first-order valence-corrected chi connectivity index (χ1v) is 12.5. The summed E-state index contributed by atoms with van der Waals surface area (Å²) in [5, 5.41) is 6.44. The molecule has 0 bridgehead atoms. The highest BCUT2D eigenvalue weighted by atomic mass is 16.5. The van der Waals surface area contributed by atoms with Gasteiger partial charge in [-0.3, -0.25) is 4.79 Å². The minimum atomic E-state index is -0.203. The average Bonchev–Trinajstić information content (AvgIpc) is 3.31. The molecule has 3 aromatic rings. The molecule has 1 heterocycles. The van der Waals surface area contributed by atoms with Crippen molar-refractivity contribution in [3.05, 3.63) is 71.8 Å². The van der Waals surface area contributed by atoms with Crippen molar-refractivity contribution in [1.82, 2.24) is 5.32 Å². The smallest absolute Gasteiger partial charge is 0.310 e. The molecule has 1 aliphatic rings. The zero-order chi connectivity index (χ0) is 23.9. The molecule has 4 rings (SSSR count). The number of hydrogen-bond donors (Lipinski definition) is 1. The molecule has 0 unspecified atom stereocenters. The Kier molecular flexibility index (Phi) is 8.07. The molecule has 5 nitrogen and oxygen atoms in total. The molecule has 0 amide bonds. The second-order valence-corrected chi connectivity index (χ2v) is 9.05. The van der Waals surface area contributed by atoms with Gasteiger partial charge in [-0.25, -0.2) is 0 Å². The van der Waals surface area contributed by atoms with Crippen molar-refractivity contribution in [2.45, 2.75) is 52.1 Å². The maximum absolute atomic E-state index is 12.1. The van der Waals surface area contributed by atoms with E-state index in [1.807, 2.05) is 13.0 Å². The Balaban J connectivity index is 1.46. The van der Waals surface area contributed by atoms with Crippen molar-refractivity contribution in [3.63, 3.8) is 0 Å². The van der Waals surface area contributed by atoms with Crippen LogP contribution in [-0.4, -0.2) is 38.3 Å². The zero-order valence-corrected chi connectivity index (χ0v) is 20.5. The Hall–Kier alpha value is -3.05. The number of fused-ring (bicyclic) bond motifs is 1. The number of hydrogen-bond acceptors (Lipinski definition) is 5. The normalized spacial score (nSPS) is 16.6. The Labute approximate surface area is 203 Å². The van der Waals surface area contributed by atoms with Gasteiger partial charge in [0.25, 0.3) is 0 Å². The summed E-state index contributed by atoms with van der Waals surface area (Å²) in [7, 11) is 0. The lowest BCUT2D eigenvalue weighted by Crippen LogP contribution is -2.34. The van der Waals surface area contributed by atoms with Crippen LogP contribution in [0.3, 0.4) is 0 Å². The lowest BCUT2D eigenvalue weighted by molar-refractivity contribution is -0.142. The third-order valence-electron chi connectivity index (χ3n) is 6.41. The number of anilines is 1. The first kappa shape index (κ1) is 24.1. The van der Waals surface area contributed by atoms with Gasteiger partial charge in [-0.05, 0) is 60.7 Å². The number of carbonyl (C=O) groups excluding carboxylic acids is 1. The van der Waals surface area contributed by atoms with E-state index >= 15 is 0 Å². The third-order valence-corrected chi connectivity index (χ3v) is 6.41. The molecule has 0 aliphatic carbocycles. The second kappa shape index (κ2) is 11.4. The quantitative estimate of drug-likeness (QED) is 0.396. The first-order chi connectivity index (χ1) is 16.6.